The van der Waals surface area contributed by atoms with Gasteiger partial charge in [-0.3, -0.25) is 19.6 Å². The Morgan fingerprint density at radius 2 is 1.67 bits per heavy atom. The first-order valence-electron chi connectivity index (χ1n) is 14.7. The van der Waals surface area contributed by atoms with Crippen molar-refractivity contribution in [1.29, 1.82) is 0 Å². The average molecular weight is 564 g/mol. The minimum atomic E-state index is -0.0938. The molecule has 3 heterocycles. The number of fused-ring (bicyclic) bond motifs is 5. The third-order valence-electron chi connectivity index (χ3n) is 8.81. The second kappa shape index (κ2) is 11.1. The third-order valence-corrected chi connectivity index (χ3v) is 8.81. The normalized spacial score (nSPS) is 21.8. The lowest BCUT2D eigenvalue weighted by Gasteiger charge is -2.34. The van der Waals surface area contributed by atoms with Crippen LogP contribution in [0.2, 0.25) is 0 Å². The first kappa shape index (κ1) is 26.4. The predicted molar refractivity (Wildman–Crippen MR) is 160 cm³/mol. The van der Waals surface area contributed by atoms with E-state index in [2.05, 4.69) is 17.1 Å². The molecule has 42 heavy (non-hydrogen) atoms. The fraction of sp³-hybridized carbons (Fsp3) is 0.353. The molecule has 8 heteroatoms. The lowest BCUT2D eigenvalue weighted by atomic mass is 9.90. The number of nitrogens with zero attached hydrogens (tertiary/aromatic N) is 3. The zero-order chi connectivity index (χ0) is 28.6. The van der Waals surface area contributed by atoms with E-state index in [0.717, 1.165) is 25.7 Å². The fourth-order valence-electron chi connectivity index (χ4n) is 6.54. The van der Waals surface area contributed by atoms with Gasteiger partial charge in [0.2, 0.25) is 0 Å². The fourth-order valence-corrected chi connectivity index (χ4v) is 6.54. The van der Waals surface area contributed by atoms with Gasteiger partial charge < -0.3 is 19.1 Å². The molecule has 3 aromatic rings. The molecule has 3 atom stereocenters. The second-order valence-corrected chi connectivity index (χ2v) is 11.3. The van der Waals surface area contributed by atoms with E-state index < -0.39 is 0 Å². The van der Waals surface area contributed by atoms with Gasteiger partial charge in [-0.2, -0.15) is 0 Å². The van der Waals surface area contributed by atoms with E-state index in [4.69, 9.17) is 19.2 Å². The first-order valence-corrected chi connectivity index (χ1v) is 14.7. The Labute approximate surface area is 245 Å². The number of carbonyl (C=O) groups excluding carboxylic acids is 2. The summed E-state index contributed by atoms with van der Waals surface area (Å²) in [7, 11) is 1.57. The standard InChI is InChI=1S/C34H33N3O5/c1-40-31-16-28-30(36-19-24-14-21-6-2-3-7-23(21)20-37(24)34(28)39)17-32(31)42-13-5-12-41-25-10-11-27-29(15-25)35-18-22-8-4-9-26(22)33(27)38/h2-3,6-7,10-11,15-19,22,24,26H,4-5,8-9,12-14,20H2,1H3/t22-,24?,26?/m0/s1. The largest absolute Gasteiger partial charge is 0.493 e. The van der Waals surface area contributed by atoms with Crippen LogP contribution in [0.5, 0.6) is 17.2 Å². The smallest absolute Gasteiger partial charge is 0.257 e. The minimum absolute atomic E-state index is 0.0600. The molecular formula is C34H33N3O5. The van der Waals surface area contributed by atoms with Crippen LogP contribution in [0.15, 0.2) is 64.6 Å². The Morgan fingerprint density at radius 3 is 2.55 bits per heavy atom. The lowest BCUT2D eigenvalue weighted by Crippen LogP contribution is -2.44. The predicted octanol–water partition coefficient (Wildman–Crippen LogP) is 6.14. The monoisotopic (exact) mass is 563 g/mol. The number of hydrogen-bond acceptors (Lipinski definition) is 7. The topological polar surface area (TPSA) is 89.8 Å². The molecule has 3 aromatic carbocycles. The summed E-state index contributed by atoms with van der Waals surface area (Å²) in [5.74, 6) is 2.16. The number of ether oxygens (including phenoxy) is 3. The summed E-state index contributed by atoms with van der Waals surface area (Å²) in [6.07, 6.45) is 8.25. The van der Waals surface area contributed by atoms with Crippen LogP contribution < -0.4 is 14.2 Å². The highest BCUT2D eigenvalue weighted by atomic mass is 16.5. The molecule has 3 aliphatic heterocycles. The first-order chi connectivity index (χ1) is 20.6. The van der Waals surface area contributed by atoms with Gasteiger partial charge in [0.15, 0.2) is 17.3 Å². The average Bonchev–Trinajstić information content (AvgIpc) is 3.40. The van der Waals surface area contributed by atoms with E-state index in [1.54, 1.807) is 19.2 Å². The van der Waals surface area contributed by atoms with Crippen LogP contribution in [-0.4, -0.2) is 55.4 Å². The summed E-state index contributed by atoms with van der Waals surface area (Å²) in [5, 5.41) is 0. The zero-order valence-electron chi connectivity index (χ0n) is 23.6. The van der Waals surface area contributed by atoms with Crippen molar-refractivity contribution in [3.05, 3.63) is 76.9 Å². The molecule has 0 radical (unpaired) electrons. The van der Waals surface area contributed by atoms with E-state index in [1.165, 1.54) is 11.1 Å². The molecule has 1 aliphatic carbocycles. The summed E-state index contributed by atoms with van der Waals surface area (Å²) in [6, 6.07) is 17.2. The maximum absolute atomic E-state index is 13.6. The molecule has 1 saturated carbocycles. The number of aliphatic imine (C=N–C) groups is 2. The summed E-state index contributed by atoms with van der Waals surface area (Å²) < 4.78 is 17.6. The van der Waals surface area contributed by atoms with Crippen LogP contribution in [0, 0.1) is 11.8 Å². The van der Waals surface area contributed by atoms with E-state index >= 15 is 0 Å². The number of carbonyl (C=O) groups is 2. The SMILES string of the molecule is COc1cc2c(cc1OCCCOc1ccc3c(c1)N=C[C@@H]1CCCC1C3=O)N=CC1Cc3ccccc3CN1C2=O. The molecule has 0 bridgehead atoms. The number of hydrogen-bond donors (Lipinski definition) is 0. The number of rotatable bonds is 7. The number of methoxy groups -OCH3 is 1. The molecule has 8 nitrogen and oxygen atoms in total. The van der Waals surface area contributed by atoms with Crippen molar-refractivity contribution in [2.75, 3.05) is 20.3 Å². The van der Waals surface area contributed by atoms with Gasteiger partial charge in [0.25, 0.3) is 5.91 Å². The van der Waals surface area contributed by atoms with E-state index in [9.17, 15) is 9.59 Å². The molecular weight excluding hydrogens is 530 g/mol. The molecule has 0 saturated heterocycles. The lowest BCUT2D eigenvalue weighted by molar-refractivity contribution is 0.0703. The highest BCUT2D eigenvalue weighted by Gasteiger charge is 2.35. The van der Waals surface area contributed by atoms with Gasteiger partial charge in [0, 0.05) is 54.9 Å². The molecule has 0 spiro atoms. The molecule has 1 amide bonds. The van der Waals surface area contributed by atoms with Crippen molar-refractivity contribution < 1.29 is 23.8 Å². The van der Waals surface area contributed by atoms with Crippen molar-refractivity contribution in [3.8, 4) is 17.2 Å². The third kappa shape index (κ3) is 4.85. The van der Waals surface area contributed by atoms with Gasteiger partial charge in [0.05, 0.1) is 43.3 Å². The highest BCUT2D eigenvalue weighted by molar-refractivity contribution is 6.05. The van der Waals surface area contributed by atoms with Crippen LogP contribution in [0.25, 0.3) is 0 Å². The van der Waals surface area contributed by atoms with Crippen molar-refractivity contribution >= 4 is 35.5 Å². The molecule has 0 aromatic heterocycles. The van der Waals surface area contributed by atoms with Crippen molar-refractivity contribution in [2.45, 2.75) is 44.7 Å². The molecule has 214 valence electrons. The Kier molecular flexibility index (Phi) is 6.98. The maximum Gasteiger partial charge on any atom is 0.257 e. The van der Waals surface area contributed by atoms with Crippen molar-refractivity contribution in [2.24, 2.45) is 21.8 Å². The van der Waals surface area contributed by atoms with Crippen LogP contribution in [0.1, 0.15) is 57.5 Å². The van der Waals surface area contributed by atoms with Crippen molar-refractivity contribution in [1.82, 2.24) is 4.90 Å². The van der Waals surface area contributed by atoms with Gasteiger partial charge in [0.1, 0.15) is 5.75 Å². The van der Waals surface area contributed by atoms with Crippen LogP contribution >= 0.6 is 0 Å². The number of benzene rings is 3. The summed E-state index contributed by atoms with van der Waals surface area (Å²) in [6.45, 7) is 1.38. The minimum Gasteiger partial charge on any atom is -0.493 e. The second-order valence-electron chi connectivity index (χ2n) is 11.3. The molecule has 1 fully saturated rings. The van der Waals surface area contributed by atoms with Gasteiger partial charge in [-0.25, -0.2) is 0 Å². The maximum atomic E-state index is 13.6. The van der Waals surface area contributed by atoms with Gasteiger partial charge in [-0.05, 0) is 48.6 Å². The Morgan fingerprint density at radius 1 is 0.857 bits per heavy atom. The number of amides is 1. The Balaban J connectivity index is 0.992. The highest BCUT2D eigenvalue weighted by Crippen LogP contribution is 2.40. The molecule has 4 aliphatic rings. The van der Waals surface area contributed by atoms with Gasteiger partial charge in [-0.15, -0.1) is 0 Å². The number of ketones is 1. The number of Topliss-reactive ketones (excluding diaryl/α,β-unsaturated/α-hetero) is 1. The molecule has 7 rings (SSSR count). The van der Waals surface area contributed by atoms with Crippen LogP contribution in [0.4, 0.5) is 11.4 Å². The van der Waals surface area contributed by atoms with E-state index in [0.29, 0.717) is 65.9 Å². The Bertz CT molecular complexity index is 1610. The van der Waals surface area contributed by atoms with Gasteiger partial charge >= 0.3 is 0 Å². The van der Waals surface area contributed by atoms with Crippen LogP contribution in [-0.2, 0) is 13.0 Å². The van der Waals surface area contributed by atoms with E-state index in [-0.39, 0.29) is 29.6 Å². The zero-order valence-corrected chi connectivity index (χ0v) is 23.6. The van der Waals surface area contributed by atoms with Crippen molar-refractivity contribution in [3.63, 3.8) is 0 Å². The summed E-state index contributed by atoms with van der Waals surface area (Å²) in [4.78, 5) is 37.8. The molecule has 2 unspecified atom stereocenters. The summed E-state index contributed by atoms with van der Waals surface area (Å²) in [5.41, 5.74) is 4.88. The van der Waals surface area contributed by atoms with Crippen LogP contribution in [0.3, 0.4) is 0 Å². The summed E-state index contributed by atoms with van der Waals surface area (Å²) >= 11 is 0. The quantitative estimate of drug-likeness (QED) is 0.322. The molecule has 0 N–H and O–H groups in total. The van der Waals surface area contributed by atoms with E-state index in [1.807, 2.05) is 47.7 Å². The Hall–Kier alpha value is -4.46. The van der Waals surface area contributed by atoms with Gasteiger partial charge in [-0.1, -0.05) is 30.7 Å².